The lowest BCUT2D eigenvalue weighted by molar-refractivity contribution is 0.395. The van der Waals surface area contributed by atoms with E-state index in [2.05, 4.69) is 4.98 Å². The van der Waals surface area contributed by atoms with Crippen LogP contribution in [0.1, 0.15) is 39.5 Å². The Morgan fingerprint density at radius 3 is 2.20 bits per heavy atom. The first-order chi connectivity index (χ1) is 9.43. The molecule has 0 aliphatic carbocycles. The summed E-state index contributed by atoms with van der Waals surface area (Å²) in [5.74, 6) is 0. The van der Waals surface area contributed by atoms with Gasteiger partial charge in [0.05, 0.1) is 4.90 Å². The van der Waals surface area contributed by atoms with E-state index in [4.69, 9.17) is 11.6 Å². The van der Waals surface area contributed by atoms with Gasteiger partial charge in [-0.25, -0.2) is 8.42 Å². The average Bonchev–Trinajstić information content (AvgIpc) is 2.41. The first kappa shape index (κ1) is 17.2. The largest absolute Gasteiger partial charge is 0.326 e. The molecule has 1 aromatic heterocycles. The van der Waals surface area contributed by atoms with Crippen molar-refractivity contribution in [1.29, 1.82) is 0 Å². The summed E-state index contributed by atoms with van der Waals surface area (Å²) < 4.78 is 26.6. The highest BCUT2D eigenvalue weighted by atomic mass is 35.5. The molecule has 0 bridgehead atoms. The standard InChI is InChI=1S/C13H21ClN2O3S/c1-3-5-7-16(8-6-4-2)20(18,19)11-9-12(14)13(17)15-10-11/h9-10H,3-8H2,1-2H3,(H,15,17). The maximum atomic E-state index is 12.6. The zero-order valence-corrected chi connectivity index (χ0v) is 13.4. The van der Waals surface area contributed by atoms with E-state index in [9.17, 15) is 13.2 Å². The summed E-state index contributed by atoms with van der Waals surface area (Å²) >= 11 is 5.71. The minimum absolute atomic E-state index is 0.0364. The fraction of sp³-hybridized carbons (Fsp3) is 0.615. The van der Waals surface area contributed by atoms with E-state index in [1.165, 1.54) is 16.6 Å². The molecule has 7 heteroatoms. The summed E-state index contributed by atoms with van der Waals surface area (Å²) in [5, 5.41) is -0.114. The van der Waals surface area contributed by atoms with Gasteiger partial charge in [0.1, 0.15) is 5.02 Å². The summed E-state index contributed by atoms with van der Waals surface area (Å²) in [7, 11) is -3.61. The fourth-order valence-corrected chi connectivity index (χ4v) is 3.51. The number of unbranched alkanes of at least 4 members (excludes halogenated alkanes) is 2. The van der Waals surface area contributed by atoms with Gasteiger partial charge in [-0.3, -0.25) is 4.79 Å². The molecule has 114 valence electrons. The Bertz CT molecular complexity index is 576. The number of sulfonamides is 1. The molecule has 1 heterocycles. The predicted molar refractivity (Wildman–Crippen MR) is 80.6 cm³/mol. The Kier molecular flexibility index (Phi) is 6.71. The van der Waals surface area contributed by atoms with Crippen LogP contribution in [0.4, 0.5) is 0 Å². The van der Waals surface area contributed by atoms with Gasteiger partial charge in [0.25, 0.3) is 5.56 Å². The lowest BCUT2D eigenvalue weighted by atomic mass is 10.3. The first-order valence-corrected chi connectivity index (χ1v) is 8.63. The van der Waals surface area contributed by atoms with Crippen LogP contribution in [0.2, 0.25) is 5.02 Å². The number of halogens is 1. The number of aromatic nitrogens is 1. The van der Waals surface area contributed by atoms with Gasteiger partial charge >= 0.3 is 0 Å². The topological polar surface area (TPSA) is 70.2 Å². The molecule has 0 aromatic carbocycles. The number of H-pyrrole nitrogens is 1. The molecule has 0 saturated carbocycles. The van der Waals surface area contributed by atoms with Crippen LogP contribution in [0, 0.1) is 0 Å². The van der Waals surface area contributed by atoms with Crippen LogP contribution in [-0.2, 0) is 10.0 Å². The van der Waals surface area contributed by atoms with Gasteiger partial charge in [-0.15, -0.1) is 0 Å². The molecule has 0 fully saturated rings. The van der Waals surface area contributed by atoms with Crippen molar-refractivity contribution in [2.45, 2.75) is 44.4 Å². The summed E-state index contributed by atoms with van der Waals surface area (Å²) in [6, 6.07) is 1.21. The van der Waals surface area contributed by atoms with Crippen molar-refractivity contribution in [2.75, 3.05) is 13.1 Å². The van der Waals surface area contributed by atoms with E-state index >= 15 is 0 Å². The summed E-state index contributed by atoms with van der Waals surface area (Å²) in [4.78, 5) is 13.6. The van der Waals surface area contributed by atoms with Crippen molar-refractivity contribution in [2.24, 2.45) is 0 Å². The van der Waals surface area contributed by atoms with Crippen LogP contribution >= 0.6 is 11.6 Å². The van der Waals surface area contributed by atoms with Crippen LogP contribution in [0.15, 0.2) is 22.0 Å². The maximum Gasteiger partial charge on any atom is 0.266 e. The lowest BCUT2D eigenvalue weighted by Gasteiger charge is -2.21. The average molecular weight is 321 g/mol. The molecule has 0 saturated heterocycles. The first-order valence-electron chi connectivity index (χ1n) is 6.81. The van der Waals surface area contributed by atoms with Gasteiger partial charge in [-0.05, 0) is 18.9 Å². The highest BCUT2D eigenvalue weighted by Gasteiger charge is 2.24. The van der Waals surface area contributed by atoms with Gasteiger partial charge in [0.15, 0.2) is 0 Å². The Labute approximate surface area is 125 Å². The predicted octanol–water partition coefficient (Wildman–Crippen LogP) is 2.62. The second-order valence-corrected chi connectivity index (χ2v) is 6.97. The molecular weight excluding hydrogens is 300 g/mol. The third kappa shape index (κ3) is 4.33. The molecule has 1 N–H and O–H groups in total. The molecule has 1 aromatic rings. The van der Waals surface area contributed by atoms with Gasteiger partial charge < -0.3 is 4.98 Å². The molecule has 20 heavy (non-hydrogen) atoms. The molecule has 1 rings (SSSR count). The SMILES string of the molecule is CCCCN(CCCC)S(=O)(=O)c1c[nH]c(=O)c(Cl)c1. The Morgan fingerprint density at radius 1 is 1.20 bits per heavy atom. The second kappa shape index (κ2) is 7.81. The fourth-order valence-electron chi connectivity index (χ4n) is 1.76. The van der Waals surface area contributed by atoms with Crippen molar-refractivity contribution in [3.05, 3.63) is 27.6 Å². The van der Waals surface area contributed by atoms with E-state index in [1.54, 1.807) is 0 Å². The highest BCUT2D eigenvalue weighted by molar-refractivity contribution is 7.89. The third-order valence-corrected chi connectivity index (χ3v) is 5.15. The number of aromatic amines is 1. The zero-order chi connectivity index (χ0) is 15.2. The summed E-state index contributed by atoms with van der Waals surface area (Å²) in [5.41, 5.74) is -0.487. The molecular formula is C13H21ClN2O3S. The van der Waals surface area contributed by atoms with Gasteiger partial charge in [0.2, 0.25) is 10.0 Å². The van der Waals surface area contributed by atoms with E-state index in [0.717, 1.165) is 25.7 Å². The lowest BCUT2D eigenvalue weighted by Crippen LogP contribution is -2.33. The number of nitrogens with zero attached hydrogens (tertiary/aromatic N) is 1. The molecule has 0 aliphatic rings. The van der Waals surface area contributed by atoms with Crippen molar-refractivity contribution in [3.8, 4) is 0 Å². The Morgan fingerprint density at radius 2 is 1.75 bits per heavy atom. The number of hydrogen-bond acceptors (Lipinski definition) is 3. The van der Waals surface area contributed by atoms with Crippen LogP contribution < -0.4 is 5.56 Å². The molecule has 0 unspecified atom stereocenters. The van der Waals surface area contributed by atoms with Gasteiger partial charge in [0, 0.05) is 19.3 Å². The number of nitrogens with one attached hydrogen (secondary N) is 1. The van der Waals surface area contributed by atoms with Crippen molar-refractivity contribution in [1.82, 2.24) is 9.29 Å². The van der Waals surface area contributed by atoms with E-state index in [1.807, 2.05) is 13.8 Å². The van der Waals surface area contributed by atoms with Crippen LogP contribution in [0.25, 0.3) is 0 Å². The Hall–Kier alpha value is -0.850. The number of hydrogen-bond donors (Lipinski definition) is 1. The molecule has 0 radical (unpaired) electrons. The van der Waals surface area contributed by atoms with Crippen LogP contribution in [0.3, 0.4) is 0 Å². The molecule has 0 amide bonds. The van der Waals surface area contributed by atoms with Crippen molar-refractivity contribution >= 4 is 21.6 Å². The van der Waals surface area contributed by atoms with Crippen LogP contribution in [0.5, 0.6) is 0 Å². The molecule has 0 atom stereocenters. The van der Waals surface area contributed by atoms with E-state index < -0.39 is 15.6 Å². The molecule has 5 nitrogen and oxygen atoms in total. The molecule has 0 spiro atoms. The second-order valence-electron chi connectivity index (χ2n) is 4.62. The monoisotopic (exact) mass is 320 g/mol. The maximum absolute atomic E-state index is 12.6. The van der Waals surface area contributed by atoms with Crippen molar-refractivity contribution < 1.29 is 8.42 Å². The van der Waals surface area contributed by atoms with E-state index in [-0.39, 0.29) is 9.92 Å². The number of pyridine rings is 1. The minimum Gasteiger partial charge on any atom is -0.326 e. The third-order valence-electron chi connectivity index (χ3n) is 2.99. The minimum atomic E-state index is -3.61. The summed E-state index contributed by atoms with van der Waals surface area (Å²) in [6.45, 7) is 4.99. The quantitative estimate of drug-likeness (QED) is 0.800. The van der Waals surface area contributed by atoms with Crippen LogP contribution in [-0.4, -0.2) is 30.8 Å². The van der Waals surface area contributed by atoms with Gasteiger partial charge in [-0.1, -0.05) is 38.3 Å². The normalized spacial score (nSPS) is 12.0. The van der Waals surface area contributed by atoms with E-state index in [0.29, 0.717) is 13.1 Å². The zero-order valence-electron chi connectivity index (χ0n) is 11.9. The smallest absolute Gasteiger partial charge is 0.266 e. The highest BCUT2D eigenvalue weighted by Crippen LogP contribution is 2.17. The Balaban J connectivity index is 3.07. The molecule has 0 aliphatic heterocycles. The van der Waals surface area contributed by atoms with Crippen molar-refractivity contribution in [3.63, 3.8) is 0 Å². The van der Waals surface area contributed by atoms with Gasteiger partial charge in [-0.2, -0.15) is 4.31 Å². The number of rotatable bonds is 8. The summed E-state index contributed by atoms with van der Waals surface area (Å²) in [6.07, 6.45) is 4.66.